The average molecular weight is 154 g/mol. The minimum absolute atomic E-state index is 0.0968. The zero-order valence-electron chi connectivity index (χ0n) is 6.93. The highest BCUT2D eigenvalue weighted by Crippen LogP contribution is 2.44. The summed E-state index contributed by atoms with van der Waals surface area (Å²) in [6, 6.07) is 0. The van der Waals surface area contributed by atoms with E-state index < -0.39 is 0 Å². The highest BCUT2D eigenvalue weighted by molar-refractivity contribution is 7.22. The van der Waals surface area contributed by atoms with E-state index >= 15 is 0 Å². The van der Waals surface area contributed by atoms with Gasteiger partial charge in [-0.1, -0.05) is 18.9 Å². The van der Waals surface area contributed by atoms with Gasteiger partial charge in [-0.3, -0.25) is 0 Å². The Balaban J connectivity index is 2.15. The zero-order valence-corrected chi connectivity index (χ0v) is 8.09. The first-order valence-electron chi connectivity index (χ1n) is 4.07. The molecule has 1 fully saturated rings. The Morgan fingerprint density at radius 1 is 1.60 bits per heavy atom. The fourth-order valence-corrected chi connectivity index (χ4v) is 2.52. The molecule has 0 aromatic carbocycles. The summed E-state index contributed by atoms with van der Waals surface area (Å²) >= 11 is 0. The van der Waals surface area contributed by atoms with E-state index in [4.69, 9.17) is 7.85 Å². The van der Waals surface area contributed by atoms with Crippen LogP contribution in [0.3, 0.4) is 0 Å². The average Bonchev–Trinajstić information content (AvgIpc) is 1.57. The van der Waals surface area contributed by atoms with Gasteiger partial charge in [0.2, 0.25) is 0 Å². The van der Waals surface area contributed by atoms with Crippen LogP contribution in [-0.2, 0) is 0 Å². The first kappa shape index (κ1) is 8.59. The summed E-state index contributed by atoms with van der Waals surface area (Å²) in [6.07, 6.45) is 3.76. The van der Waals surface area contributed by atoms with Gasteiger partial charge in [0, 0.05) is 0 Å². The summed E-state index contributed by atoms with van der Waals surface area (Å²) in [7, 11) is 8.59. The van der Waals surface area contributed by atoms with Gasteiger partial charge in [-0.05, 0) is 31.1 Å². The van der Waals surface area contributed by atoms with E-state index in [1.54, 1.807) is 0 Å². The van der Waals surface area contributed by atoms with Crippen molar-refractivity contribution >= 4 is 17.1 Å². The van der Waals surface area contributed by atoms with Gasteiger partial charge in [-0.25, -0.2) is 0 Å². The fraction of sp³-hybridized carbons (Fsp3) is 1.00. The Bertz CT molecular complexity index is 110. The molecule has 0 N–H and O–H groups in total. The van der Waals surface area contributed by atoms with Crippen LogP contribution in [0.15, 0.2) is 0 Å². The van der Waals surface area contributed by atoms with E-state index in [9.17, 15) is 0 Å². The van der Waals surface area contributed by atoms with Crippen molar-refractivity contribution in [3.05, 3.63) is 0 Å². The van der Waals surface area contributed by atoms with Gasteiger partial charge >= 0.3 is 0 Å². The normalized spacial score (nSPS) is 39.8. The number of hydrogen-bond acceptors (Lipinski definition) is 0. The van der Waals surface area contributed by atoms with Crippen molar-refractivity contribution < 1.29 is 0 Å². The molecule has 1 aliphatic rings. The highest BCUT2D eigenvalue weighted by Gasteiger charge is 2.35. The first-order chi connectivity index (χ1) is 4.49. The van der Waals surface area contributed by atoms with Crippen LogP contribution in [0.4, 0.5) is 0 Å². The van der Waals surface area contributed by atoms with Crippen molar-refractivity contribution in [1.29, 1.82) is 0 Å². The second kappa shape index (κ2) is 2.85. The summed E-state index contributed by atoms with van der Waals surface area (Å²) in [5, 5.41) is 0.0968. The highest BCUT2D eigenvalue weighted by atomic mass is 31.0. The molecular formula is C8H16BP. The van der Waals surface area contributed by atoms with Gasteiger partial charge in [-0.15, -0.1) is 9.24 Å². The van der Waals surface area contributed by atoms with Crippen molar-refractivity contribution in [1.82, 2.24) is 0 Å². The lowest BCUT2D eigenvalue weighted by Gasteiger charge is -2.43. The Labute approximate surface area is 67.8 Å². The van der Waals surface area contributed by atoms with Crippen LogP contribution in [0, 0.1) is 11.8 Å². The van der Waals surface area contributed by atoms with Crippen LogP contribution in [-0.4, -0.2) is 12.9 Å². The van der Waals surface area contributed by atoms with E-state index in [1.807, 2.05) is 0 Å². The first-order valence-corrected chi connectivity index (χ1v) is 4.65. The van der Waals surface area contributed by atoms with Crippen LogP contribution >= 0.6 is 9.24 Å². The molecule has 10 heavy (non-hydrogen) atoms. The van der Waals surface area contributed by atoms with E-state index in [-0.39, 0.29) is 5.06 Å². The lowest BCUT2D eigenvalue weighted by Crippen LogP contribution is -2.38. The molecule has 1 saturated carbocycles. The number of hydrogen-bond donors (Lipinski definition) is 0. The van der Waals surface area contributed by atoms with Crippen LogP contribution in [0.1, 0.15) is 33.1 Å². The predicted molar refractivity (Wildman–Crippen MR) is 50.4 cm³/mol. The lowest BCUT2D eigenvalue weighted by atomic mass is 9.61. The van der Waals surface area contributed by atoms with E-state index in [1.165, 1.54) is 19.3 Å². The SMILES string of the molecule is [B]C1(P)CC(CC(C)C)C1. The molecule has 0 saturated heterocycles. The molecule has 1 rings (SSSR count). The maximum Gasteiger partial charge on any atom is 0.0803 e. The third-order valence-corrected chi connectivity index (χ3v) is 2.61. The van der Waals surface area contributed by atoms with Crippen LogP contribution in [0.25, 0.3) is 0 Å². The molecule has 0 bridgehead atoms. The molecule has 0 heterocycles. The quantitative estimate of drug-likeness (QED) is 0.422. The molecule has 1 atom stereocenters. The summed E-state index contributed by atoms with van der Waals surface area (Å²) in [6.45, 7) is 4.55. The topological polar surface area (TPSA) is 0 Å². The number of rotatable bonds is 2. The molecule has 0 aromatic heterocycles. The molecular weight excluding hydrogens is 138 g/mol. The molecule has 1 unspecified atom stereocenters. The largest absolute Gasteiger partial charge is 0.140 e. The zero-order chi connectivity index (χ0) is 7.78. The van der Waals surface area contributed by atoms with E-state index in [2.05, 4.69) is 23.1 Å². The lowest BCUT2D eigenvalue weighted by molar-refractivity contribution is 0.250. The molecule has 0 aromatic rings. The summed E-state index contributed by atoms with van der Waals surface area (Å²) in [4.78, 5) is 0. The van der Waals surface area contributed by atoms with Crippen molar-refractivity contribution in [3.63, 3.8) is 0 Å². The maximum atomic E-state index is 5.85. The van der Waals surface area contributed by atoms with Gasteiger partial charge in [0.15, 0.2) is 0 Å². The van der Waals surface area contributed by atoms with E-state index in [0.717, 1.165) is 11.8 Å². The third kappa shape index (κ3) is 2.27. The standard InChI is InChI=1S/C8H16BP/c1-6(2)3-7-4-8(9,10)5-7/h6-7H,3-5,10H2,1-2H3. The summed E-state index contributed by atoms with van der Waals surface area (Å²) in [5.41, 5.74) is 0. The van der Waals surface area contributed by atoms with Crippen molar-refractivity contribution in [2.45, 2.75) is 38.2 Å². The van der Waals surface area contributed by atoms with Crippen LogP contribution in [0.2, 0.25) is 0 Å². The van der Waals surface area contributed by atoms with Gasteiger partial charge in [0.25, 0.3) is 0 Å². The summed E-state index contributed by atoms with van der Waals surface area (Å²) in [5.74, 6) is 1.74. The Morgan fingerprint density at radius 3 is 2.40 bits per heavy atom. The monoisotopic (exact) mass is 154 g/mol. The van der Waals surface area contributed by atoms with Gasteiger partial charge in [0.1, 0.15) is 0 Å². The molecule has 2 heteroatoms. The van der Waals surface area contributed by atoms with Crippen LogP contribution < -0.4 is 0 Å². The van der Waals surface area contributed by atoms with Gasteiger partial charge in [0.05, 0.1) is 7.85 Å². The molecule has 0 spiro atoms. The van der Waals surface area contributed by atoms with Crippen molar-refractivity contribution in [3.8, 4) is 0 Å². The van der Waals surface area contributed by atoms with Gasteiger partial charge in [-0.2, -0.15) is 0 Å². The van der Waals surface area contributed by atoms with Gasteiger partial charge < -0.3 is 0 Å². The maximum absolute atomic E-state index is 5.85. The third-order valence-electron chi connectivity index (χ3n) is 2.14. The molecule has 0 aliphatic heterocycles. The molecule has 2 radical (unpaired) electrons. The minimum Gasteiger partial charge on any atom is -0.140 e. The van der Waals surface area contributed by atoms with Crippen LogP contribution in [0.5, 0.6) is 0 Å². The predicted octanol–water partition coefficient (Wildman–Crippen LogP) is 2.18. The molecule has 1 aliphatic carbocycles. The Morgan fingerprint density at radius 2 is 2.10 bits per heavy atom. The van der Waals surface area contributed by atoms with Crippen molar-refractivity contribution in [2.24, 2.45) is 11.8 Å². The van der Waals surface area contributed by atoms with E-state index in [0.29, 0.717) is 0 Å². The summed E-state index contributed by atoms with van der Waals surface area (Å²) < 4.78 is 0. The van der Waals surface area contributed by atoms with Crippen molar-refractivity contribution in [2.75, 3.05) is 0 Å². The molecule has 56 valence electrons. The molecule has 0 amide bonds. The fourth-order valence-electron chi connectivity index (χ4n) is 1.85. The smallest absolute Gasteiger partial charge is 0.0803 e. The Hall–Kier alpha value is 0.495. The minimum atomic E-state index is 0.0968. The molecule has 0 nitrogen and oxygen atoms in total. The second-order valence-corrected chi connectivity index (χ2v) is 5.29. The Kier molecular flexibility index (Phi) is 2.45. The second-order valence-electron chi connectivity index (χ2n) is 4.14.